The Balaban J connectivity index is 1.35. The summed E-state index contributed by atoms with van der Waals surface area (Å²) in [7, 11) is 0. The lowest BCUT2D eigenvalue weighted by atomic mass is 10.1. The molecule has 0 saturated carbocycles. The number of fused-ring (bicyclic) bond motifs is 1. The molecule has 9 nitrogen and oxygen atoms in total. The molecule has 5 rings (SSSR count). The van der Waals surface area contributed by atoms with Gasteiger partial charge in [0.25, 0.3) is 5.91 Å². The second kappa shape index (κ2) is 10.8. The summed E-state index contributed by atoms with van der Waals surface area (Å²) in [4.78, 5) is 26.8. The third kappa shape index (κ3) is 5.44. The van der Waals surface area contributed by atoms with Crippen LogP contribution in [0.3, 0.4) is 0 Å². The Hall–Kier alpha value is -3.27. The summed E-state index contributed by atoms with van der Waals surface area (Å²) in [6.07, 6.45) is 0. The number of benzene rings is 2. The van der Waals surface area contributed by atoms with Crippen molar-refractivity contribution in [3.05, 3.63) is 54.2 Å². The van der Waals surface area contributed by atoms with Gasteiger partial charge < -0.3 is 25.0 Å². The Morgan fingerprint density at radius 1 is 1.03 bits per heavy atom. The predicted octanol–water partition coefficient (Wildman–Crippen LogP) is 2.00. The van der Waals surface area contributed by atoms with Crippen LogP contribution in [0.25, 0.3) is 10.8 Å². The van der Waals surface area contributed by atoms with E-state index < -0.39 is 0 Å². The molecule has 0 aliphatic carbocycles. The molecular formula is C25H30N6O3. The SMILES string of the molecule is O=C(Nc1cccc2ccccc12)c1cc(N2CCNCC2)nc(OCCN2CCOCC2)n1. The third-order valence-electron chi connectivity index (χ3n) is 6.15. The zero-order chi connectivity index (χ0) is 23.2. The number of aromatic nitrogens is 2. The van der Waals surface area contributed by atoms with Crippen LogP contribution in [0.4, 0.5) is 11.5 Å². The molecule has 2 saturated heterocycles. The highest BCUT2D eigenvalue weighted by molar-refractivity contribution is 6.08. The van der Waals surface area contributed by atoms with E-state index in [1.165, 1.54) is 0 Å². The molecule has 1 amide bonds. The van der Waals surface area contributed by atoms with E-state index in [4.69, 9.17) is 9.47 Å². The maximum absolute atomic E-state index is 13.3. The van der Waals surface area contributed by atoms with Gasteiger partial charge in [0.2, 0.25) is 0 Å². The Morgan fingerprint density at radius 3 is 2.68 bits per heavy atom. The van der Waals surface area contributed by atoms with Gasteiger partial charge in [0.15, 0.2) is 0 Å². The summed E-state index contributed by atoms with van der Waals surface area (Å²) in [5.41, 5.74) is 1.04. The van der Waals surface area contributed by atoms with Gasteiger partial charge in [-0.1, -0.05) is 36.4 Å². The number of ether oxygens (including phenoxy) is 2. The summed E-state index contributed by atoms with van der Waals surface area (Å²) < 4.78 is 11.3. The fourth-order valence-corrected chi connectivity index (χ4v) is 4.26. The fraction of sp³-hybridized carbons (Fsp3) is 0.400. The van der Waals surface area contributed by atoms with Crippen LogP contribution in [0.15, 0.2) is 48.5 Å². The van der Waals surface area contributed by atoms with Crippen molar-refractivity contribution in [3.63, 3.8) is 0 Å². The van der Waals surface area contributed by atoms with E-state index >= 15 is 0 Å². The maximum atomic E-state index is 13.3. The smallest absolute Gasteiger partial charge is 0.319 e. The van der Waals surface area contributed by atoms with E-state index in [9.17, 15) is 4.79 Å². The molecule has 34 heavy (non-hydrogen) atoms. The van der Waals surface area contributed by atoms with Gasteiger partial charge in [-0.05, 0) is 11.5 Å². The molecule has 2 aliphatic heterocycles. The van der Waals surface area contributed by atoms with Crippen LogP contribution < -0.4 is 20.3 Å². The van der Waals surface area contributed by atoms with Crippen LogP contribution in [0.5, 0.6) is 6.01 Å². The van der Waals surface area contributed by atoms with Gasteiger partial charge >= 0.3 is 6.01 Å². The lowest BCUT2D eigenvalue weighted by Gasteiger charge is -2.29. The molecular weight excluding hydrogens is 432 g/mol. The van der Waals surface area contributed by atoms with E-state index in [1.807, 2.05) is 42.5 Å². The van der Waals surface area contributed by atoms with Crippen molar-refractivity contribution in [1.82, 2.24) is 20.2 Å². The molecule has 2 fully saturated rings. The second-order valence-corrected chi connectivity index (χ2v) is 8.41. The predicted molar refractivity (Wildman–Crippen MR) is 132 cm³/mol. The molecule has 0 unspecified atom stereocenters. The van der Waals surface area contributed by atoms with Crippen molar-refractivity contribution < 1.29 is 14.3 Å². The first kappa shape index (κ1) is 22.5. The molecule has 0 spiro atoms. The highest BCUT2D eigenvalue weighted by atomic mass is 16.5. The molecule has 0 bridgehead atoms. The van der Waals surface area contributed by atoms with Crippen LogP contribution in [-0.2, 0) is 4.74 Å². The number of hydrogen-bond donors (Lipinski definition) is 2. The number of anilines is 2. The summed E-state index contributed by atoms with van der Waals surface area (Å²) in [5.74, 6) is 0.425. The summed E-state index contributed by atoms with van der Waals surface area (Å²) in [5, 5.41) is 8.42. The second-order valence-electron chi connectivity index (χ2n) is 8.41. The van der Waals surface area contributed by atoms with Crippen molar-refractivity contribution in [1.29, 1.82) is 0 Å². The fourth-order valence-electron chi connectivity index (χ4n) is 4.26. The highest BCUT2D eigenvalue weighted by Gasteiger charge is 2.19. The Kier molecular flexibility index (Phi) is 7.13. The van der Waals surface area contributed by atoms with E-state index in [2.05, 4.69) is 30.4 Å². The first-order valence-electron chi connectivity index (χ1n) is 11.8. The molecule has 0 radical (unpaired) electrons. The largest absolute Gasteiger partial charge is 0.462 e. The topological polar surface area (TPSA) is 91.9 Å². The van der Waals surface area contributed by atoms with Gasteiger partial charge in [-0.25, -0.2) is 0 Å². The number of carbonyl (C=O) groups excluding carboxylic acids is 1. The first-order chi connectivity index (χ1) is 16.8. The first-order valence-corrected chi connectivity index (χ1v) is 11.8. The van der Waals surface area contributed by atoms with Crippen LogP contribution >= 0.6 is 0 Å². The molecule has 1 aromatic heterocycles. The van der Waals surface area contributed by atoms with Crippen LogP contribution in [-0.4, -0.2) is 86.4 Å². The number of nitrogens with one attached hydrogen (secondary N) is 2. The van der Waals surface area contributed by atoms with E-state index in [0.29, 0.717) is 12.4 Å². The number of amides is 1. The van der Waals surface area contributed by atoms with Crippen LogP contribution in [0.2, 0.25) is 0 Å². The standard InChI is InChI=1S/C25H30N6O3/c32-24(27-21-7-3-5-19-4-1-2-6-20(19)21)22-18-23(31-10-8-26-9-11-31)29-25(28-22)34-17-14-30-12-15-33-16-13-30/h1-7,18,26H,8-17H2,(H,27,32). The van der Waals surface area contributed by atoms with Gasteiger partial charge in [0, 0.05) is 63.0 Å². The minimum absolute atomic E-state index is 0.229. The van der Waals surface area contributed by atoms with Gasteiger partial charge in [-0.3, -0.25) is 9.69 Å². The molecule has 3 heterocycles. The molecule has 2 N–H and O–H groups in total. The Bertz CT molecular complexity index is 1120. The quantitative estimate of drug-likeness (QED) is 0.551. The van der Waals surface area contributed by atoms with Gasteiger partial charge in [0.05, 0.1) is 13.2 Å². The van der Waals surface area contributed by atoms with Crippen molar-refractivity contribution in [2.24, 2.45) is 0 Å². The lowest BCUT2D eigenvalue weighted by Crippen LogP contribution is -2.44. The van der Waals surface area contributed by atoms with Crippen LogP contribution in [0, 0.1) is 0 Å². The number of morpholine rings is 1. The van der Waals surface area contributed by atoms with Crippen molar-refractivity contribution in [2.75, 3.05) is 75.9 Å². The average molecular weight is 463 g/mol. The summed E-state index contributed by atoms with van der Waals surface area (Å²) in [6.45, 7) is 7.86. The van der Waals surface area contributed by atoms with Crippen molar-refractivity contribution in [3.8, 4) is 6.01 Å². The minimum atomic E-state index is -0.284. The third-order valence-corrected chi connectivity index (χ3v) is 6.15. The monoisotopic (exact) mass is 462 g/mol. The molecule has 2 aliphatic rings. The lowest BCUT2D eigenvalue weighted by molar-refractivity contribution is 0.0317. The van der Waals surface area contributed by atoms with E-state index in [1.54, 1.807) is 6.07 Å². The zero-order valence-electron chi connectivity index (χ0n) is 19.2. The highest BCUT2D eigenvalue weighted by Crippen LogP contribution is 2.24. The van der Waals surface area contributed by atoms with Crippen molar-refractivity contribution in [2.45, 2.75) is 0 Å². The van der Waals surface area contributed by atoms with Crippen molar-refractivity contribution >= 4 is 28.2 Å². The average Bonchev–Trinajstić information content (AvgIpc) is 2.90. The summed E-state index contributed by atoms with van der Waals surface area (Å²) >= 11 is 0. The molecule has 9 heteroatoms. The number of carbonyl (C=O) groups is 1. The summed E-state index contributed by atoms with van der Waals surface area (Å²) in [6, 6.07) is 15.8. The zero-order valence-corrected chi connectivity index (χ0v) is 19.2. The molecule has 178 valence electrons. The number of hydrogen-bond acceptors (Lipinski definition) is 8. The van der Waals surface area contributed by atoms with Gasteiger partial charge in [-0.2, -0.15) is 9.97 Å². The van der Waals surface area contributed by atoms with E-state index in [0.717, 1.165) is 75.5 Å². The Morgan fingerprint density at radius 2 is 1.82 bits per heavy atom. The van der Waals surface area contributed by atoms with Crippen LogP contribution in [0.1, 0.15) is 10.5 Å². The normalized spacial score (nSPS) is 17.0. The number of nitrogens with zero attached hydrogens (tertiary/aromatic N) is 4. The van der Waals surface area contributed by atoms with Gasteiger partial charge in [0.1, 0.15) is 18.1 Å². The molecule has 3 aromatic rings. The molecule has 0 atom stereocenters. The maximum Gasteiger partial charge on any atom is 0.319 e. The number of piperazine rings is 1. The number of rotatable bonds is 7. The minimum Gasteiger partial charge on any atom is -0.462 e. The molecule has 2 aromatic carbocycles. The van der Waals surface area contributed by atoms with E-state index in [-0.39, 0.29) is 17.6 Å². The van der Waals surface area contributed by atoms with Gasteiger partial charge in [-0.15, -0.1) is 0 Å². The Labute approximate surface area is 199 Å².